The summed E-state index contributed by atoms with van der Waals surface area (Å²) in [6, 6.07) is -0.175. The van der Waals surface area contributed by atoms with E-state index in [1.165, 1.54) is 6.26 Å². The normalized spacial score (nSPS) is 22.3. The zero-order valence-electron chi connectivity index (χ0n) is 10.4. The van der Waals surface area contributed by atoms with Crippen molar-refractivity contribution in [3.8, 4) is 0 Å². The van der Waals surface area contributed by atoms with Gasteiger partial charge in [0.1, 0.15) is 9.84 Å². The molecular formula is C10H22N2O4S. The van der Waals surface area contributed by atoms with Gasteiger partial charge in [-0.3, -0.25) is 11.3 Å². The molecule has 1 atom stereocenters. The summed E-state index contributed by atoms with van der Waals surface area (Å²) < 4.78 is 33.3. The summed E-state index contributed by atoms with van der Waals surface area (Å²) in [4.78, 5) is 0. The molecule has 0 spiro atoms. The highest BCUT2D eigenvalue weighted by Crippen LogP contribution is 2.29. The second-order valence-corrected chi connectivity index (χ2v) is 6.78. The van der Waals surface area contributed by atoms with Crippen molar-refractivity contribution in [2.24, 2.45) is 5.84 Å². The average Bonchev–Trinajstić information content (AvgIpc) is 2.29. The van der Waals surface area contributed by atoms with E-state index in [0.717, 1.165) is 12.8 Å². The Hall–Kier alpha value is -0.210. The van der Waals surface area contributed by atoms with Crippen molar-refractivity contribution in [3.05, 3.63) is 0 Å². The van der Waals surface area contributed by atoms with E-state index in [4.69, 9.17) is 15.3 Å². The van der Waals surface area contributed by atoms with E-state index in [9.17, 15) is 8.42 Å². The number of nitrogens with two attached hydrogens (primary N) is 1. The van der Waals surface area contributed by atoms with Crippen LogP contribution in [0, 0.1) is 0 Å². The first kappa shape index (κ1) is 14.8. The van der Waals surface area contributed by atoms with Crippen LogP contribution in [0.3, 0.4) is 0 Å². The van der Waals surface area contributed by atoms with Crippen LogP contribution in [0.4, 0.5) is 0 Å². The Morgan fingerprint density at radius 1 is 1.47 bits per heavy atom. The predicted molar refractivity (Wildman–Crippen MR) is 65.2 cm³/mol. The molecule has 3 N–H and O–H groups in total. The fourth-order valence-corrected chi connectivity index (χ4v) is 2.91. The number of methoxy groups -OCH3 is 1. The van der Waals surface area contributed by atoms with Crippen LogP contribution in [0.1, 0.15) is 19.3 Å². The van der Waals surface area contributed by atoms with E-state index in [-0.39, 0.29) is 11.8 Å². The van der Waals surface area contributed by atoms with Gasteiger partial charge in [0.05, 0.1) is 17.4 Å². The van der Waals surface area contributed by atoms with E-state index >= 15 is 0 Å². The van der Waals surface area contributed by atoms with Gasteiger partial charge in [0.2, 0.25) is 0 Å². The third kappa shape index (κ3) is 4.18. The first-order valence-electron chi connectivity index (χ1n) is 5.70. The lowest BCUT2D eigenvalue weighted by atomic mass is 9.85. The van der Waals surface area contributed by atoms with Crippen molar-refractivity contribution in [2.75, 3.05) is 32.3 Å². The molecule has 6 nitrogen and oxygen atoms in total. The van der Waals surface area contributed by atoms with Crippen molar-refractivity contribution >= 4 is 9.84 Å². The van der Waals surface area contributed by atoms with Crippen molar-refractivity contribution in [2.45, 2.75) is 30.9 Å². The molecule has 0 aromatic rings. The summed E-state index contributed by atoms with van der Waals surface area (Å²) in [6.07, 6.45) is 3.12. The summed E-state index contributed by atoms with van der Waals surface area (Å²) in [5.74, 6) is 5.63. The van der Waals surface area contributed by atoms with Gasteiger partial charge in [-0.2, -0.15) is 0 Å². The maximum absolute atomic E-state index is 11.2. The van der Waals surface area contributed by atoms with Gasteiger partial charge in [0.15, 0.2) is 0 Å². The molecule has 1 fully saturated rings. The van der Waals surface area contributed by atoms with Gasteiger partial charge in [-0.1, -0.05) is 0 Å². The molecule has 102 valence electrons. The molecule has 1 saturated heterocycles. The molecule has 0 aromatic carbocycles. The number of hydrogen-bond acceptors (Lipinski definition) is 6. The number of nitrogens with one attached hydrogen (secondary N) is 1. The van der Waals surface area contributed by atoms with Crippen LogP contribution in [0.2, 0.25) is 0 Å². The summed E-state index contributed by atoms with van der Waals surface area (Å²) in [5.41, 5.74) is 2.27. The third-order valence-corrected chi connectivity index (χ3v) is 4.34. The second-order valence-electron chi connectivity index (χ2n) is 4.52. The summed E-state index contributed by atoms with van der Waals surface area (Å²) in [6.45, 7) is 1.23. The Bertz CT molecular complexity index is 325. The standard InChI is InChI=1S/C10H22N2O4S/c1-15-10(4-6-16-7-5-10)9(12-11)3-8-17(2,13)14/h9,12H,3-8,11H2,1-2H3. The first-order valence-corrected chi connectivity index (χ1v) is 7.76. The van der Waals surface area contributed by atoms with E-state index in [1.54, 1.807) is 7.11 Å². The highest BCUT2D eigenvalue weighted by atomic mass is 32.2. The Kier molecular flexibility index (Phi) is 5.33. The van der Waals surface area contributed by atoms with Crippen LogP contribution >= 0.6 is 0 Å². The molecule has 0 aromatic heterocycles. The number of hydrazine groups is 1. The maximum atomic E-state index is 11.2. The molecule has 1 rings (SSSR count). The molecule has 0 bridgehead atoms. The number of rotatable bonds is 6. The average molecular weight is 266 g/mol. The largest absolute Gasteiger partial charge is 0.381 e. The molecule has 0 aliphatic carbocycles. The number of sulfone groups is 1. The topological polar surface area (TPSA) is 90.7 Å². The van der Waals surface area contributed by atoms with Crippen molar-refractivity contribution in [3.63, 3.8) is 0 Å². The van der Waals surface area contributed by atoms with E-state index < -0.39 is 15.4 Å². The molecule has 1 unspecified atom stereocenters. The predicted octanol–water partition coefficient (Wildman–Crippen LogP) is -0.551. The lowest BCUT2D eigenvalue weighted by molar-refractivity contribution is -0.110. The smallest absolute Gasteiger partial charge is 0.147 e. The molecule has 17 heavy (non-hydrogen) atoms. The fraction of sp³-hybridized carbons (Fsp3) is 1.00. The quantitative estimate of drug-likeness (QED) is 0.495. The van der Waals surface area contributed by atoms with Gasteiger partial charge in [0.25, 0.3) is 0 Å². The van der Waals surface area contributed by atoms with Gasteiger partial charge in [-0.05, 0) is 6.42 Å². The first-order chi connectivity index (χ1) is 7.93. The van der Waals surface area contributed by atoms with Crippen molar-refractivity contribution in [1.29, 1.82) is 0 Å². The van der Waals surface area contributed by atoms with Crippen molar-refractivity contribution < 1.29 is 17.9 Å². The van der Waals surface area contributed by atoms with Crippen LogP contribution in [-0.4, -0.2) is 52.4 Å². The molecule has 1 heterocycles. The zero-order chi connectivity index (χ0) is 12.9. The lowest BCUT2D eigenvalue weighted by Crippen LogP contribution is -2.57. The lowest BCUT2D eigenvalue weighted by Gasteiger charge is -2.41. The third-order valence-electron chi connectivity index (χ3n) is 3.36. The van der Waals surface area contributed by atoms with Crippen molar-refractivity contribution in [1.82, 2.24) is 5.43 Å². The number of ether oxygens (including phenoxy) is 2. The van der Waals surface area contributed by atoms with Gasteiger partial charge in [0, 0.05) is 39.4 Å². The van der Waals surface area contributed by atoms with Crippen LogP contribution in [0.5, 0.6) is 0 Å². The van der Waals surface area contributed by atoms with Gasteiger partial charge < -0.3 is 9.47 Å². The highest BCUT2D eigenvalue weighted by Gasteiger charge is 2.40. The number of hydrogen-bond donors (Lipinski definition) is 2. The van der Waals surface area contributed by atoms with Crippen LogP contribution in [0.15, 0.2) is 0 Å². The minimum Gasteiger partial charge on any atom is -0.381 e. The summed E-state index contributed by atoms with van der Waals surface area (Å²) >= 11 is 0. The monoisotopic (exact) mass is 266 g/mol. The highest BCUT2D eigenvalue weighted by molar-refractivity contribution is 7.90. The molecule has 7 heteroatoms. The molecule has 1 aliphatic rings. The fourth-order valence-electron chi connectivity index (χ4n) is 2.24. The SMILES string of the molecule is COC1(C(CCS(C)(=O)=O)NN)CCOCC1. The Balaban J connectivity index is 2.68. The van der Waals surface area contributed by atoms with Crippen LogP contribution in [-0.2, 0) is 19.3 Å². The molecular weight excluding hydrogens is 244 g/mol. The van der Waals surface area contributed by atoms with Gasteiger partial charge in [-0.25, -0.2) is 8.42 Å². The summed E-state index contributed by atoms with van der Waals surface area (Å²) in [5, 5.41) is 0. The van der Waals surface area contributed by atoms with Crippen LogP contribution in [0.25, 0.3) is 0 Å². The van der Waals surface area contributed by atoms with Crippen LogP contribution < -0.4 is 11.3 Å². The minimum atomic E-state index is -2.99. The molecule has 0 amide bonds. The second kappa shape index (κ2) is 6.10. The molecule has 0 saturated carbocycles. The molecule has 1 aliphatic heterocycles. The van der Waals surface area contributed by atoms with Gasteiger partial charge >= 0.3 is 0 Å². The summed E-state index contributed by atoms with van der Waals surface area (Å²) in [7, 11) is -1.35. The van der Waals surface area contributed by atoms with E-state index in [0.29, 0.717) is 19.6 Å². The van der Waals surface area contributed by atoms with Gasteiger partial charge in [-0.15, -0.1) is 0 Å². The van der Waals surface area contributed by atoms with E-state index in [1.807, 2.05) is 0 Å². The minimum absolute atomic E-state index is 0.105. The zero-order valence-corrected chi connectivity index (χ0v) is 11.3. The Morgan fingerprint density at radius 2 is 2.06 bits per heavy atom. The molecule has 0 radical (unpaired) electrons. The Morgan fingerprint density at radius 3 is 2.47 bits per heavy atom. The van der Waals surface area contributed by atoms with E-state index in [2.05, 4.69) is 5.43 Å². The Labute approximate surface area is 103 Å². The maximum Gasteiger partial charge on any atom is 0.147 e.